The molecular weight excluding hydrogens is 366 g/mol. The molecule has 0 N–H and O–H groups in total. The van der Waals surface area contributed by atoms with Crippen molar-refractivity contribution >= 4 is 21.7 Å². The van der Waals surface area contributed by atoms with Crippen LogP contribution in [0.2, 0.25) is 0 Å². The smallest absolute Gasteiger partial charge is 0.255 e. The predicted molar refractivity (Wildman–Crippen MR) is 101 cm³/mol. The van der Waals surface area contributed by atoms with Gasteiger partial charge in [-0.3, -0.25) is 14.5 Å². The highest BCUT2D eigenvalue weighted by atomic mass is 32.2. The van der Waals surface area contributed by atoms with Crippen LogP contribution < -0.4 is 0 Å². The number of fused-ring (bicyclic) bond motifs is 1. The van der Waals surface area contributed by atoms with Crippen molar-refractivity contribution < 1.29 is 18.0 Å². The second-order valence-corrected chi connectivity index (χ2v) is 9.91. The van der Waals surface area contributed by atoms with E-state index >= 15 is 0 Å². The van der Waals surface area contributed by atoms with Crippen molar-refractivity contribution in [3.63, 3.8) is 0 Å². The third-order valence-corrected chi connectivity index (χ3v) is 7.78. The highest BCUT2D eigenvalue weighted by Crippen LogP contribution is 2.25. The molecule has 0 radical (unpaired) electrons. The quantitative estimate of drug-likeness (QED) is 0.744. The van der Waals surface area contributed by atoms with Gasteiger partial charge in [0.2, 0.25) is 5.91 Å². The van der Waals surface area contributed by atoms with E-state index in [1.807, 2.05) is 24.3 Å². The molecule has 2 atom stereocenters. The Morgan fingerprint density at radius 1 is 1.15 bits per heavy atom. The second kappa shape index (κ2) is 6.91. The van der Waals surface area contributed by atoms with E-state index in [2.05, 4.69) is 4.90 Å². The van der Waals surface area contributed by atoms with Gasteiger partial charge in [-0.05, 0) is 25.0 Å². The zero-order chi connectivity index (χ0) is 19.2. The van der Waals surface area contributed by atoms with Gasteiger partial charge in [0.15, 0.2) is 9.84 Å². The van der Waals surface area contributed by atoms with Crippen LogP contribution in [-0.4, -0.2) is 84.7 Å². The lowest BCUT2D eigenvalue weighted by molar-refractivity contribution is -0.137. The van der Waals surface area contributed by atoms with E-state index in [0.29, 0.717) is 44.7 Å². The molecule has 3 aliphatic heterocycles. The minimum atomic E-state index is -2.90. The molecule has 0 spiro atoms. The van der Waals surface area contributed by atoms with Gasteiger partial charge < -0.3 is 9.80 Å². The van der Waals surface area contributed by atoms with Crippen molar-refractivity contribution in [1.29, 1.82) is 0 Å². The summed E-state index contributed by atoms with van der Waals surface area (Å²) in [6.07, 6.45) is 0.688. The van der Waals surface area contributed by atoms with Gasteiger partial charge in [0.05, 0.1) is 11.5 Å². The Morgan fingerprint density at radius 3 is 2.48 bits per heavy atom. The molecule has 2 fully saturated rings. The molecule has 4 rings (SSSR count). The van der Waals surface area contributed by atoms with E-state index in [1.54, 1.807) is 16.7 Å². The van der Waals surface area contributed by atoms with Crippen LogP contribution >= 0.6 is 0 Å². The number of rotatable bonds is 3. The molecule has 2 saturated heterocycles. The van der Waals surface area contributed by atoms with Gasteiger partial charge in [0.1, 0.15) is 6.04 Å². The topological polar surface area (TPSA) is 78.0 Å². The third-order valence-electron chi connectivity index (χ3n) is 6.02. The maximum absolute atomic E-state index is 12.9. The third kappa shape index (κ3) is 3.48. The SMILES string of the molecule is C[C@@H](C(=O)N1CCN([C@@H]2CCS(=O)(=O)C2)CC1)N1Cc2ccccc2C1=O. The average molecular weight is 391 g/mol. The van der Waals surface area contributed by atoms with E-state index in [4.69, 9.17) is 0 Å². The monoisotopic (exact) mass is 391 g/mol. The van der Waals surface area contributed by atoms with Crippen LogP contribution in [0.5, 0.6) is 0 Å². The van der Waals surface area contributed by atoms with E-state index in [1.165, 1.54) is 0 Å². The molecule has 8 heteroatoms. The summed E-state index contributed by atoms with van der Waals surface area (Å²) >= 11 is 0. The van der Waals surface area contributed by atoms with Crippen LogP contribution in [0.1, 0.15) is 29.3 Å². The first-order valence-corrected chi connectivity index (χ1v) is 11.3. The highest BCUT2D eigenvalue weighted by molar-refractivity contribution is 7.91. The number of piperazine rings is 1. The number of carbonyl (C=O) groups excluding carboxylic acids is 2. The van der Waals surface area contributed by atoms with E-state index < -0.39 is 15.9 Å². The minimum absolute atomic E-state index is 0.0325. The van der Waals surface area contributed by atoms with E-state index in [9.17, 15) is 18.0 Å². The number of nitrogens with zero attached hydrogens (tertiary/aromatic N) is 3. The van der Waals surface area contributed by atoms with Crippen molar-refractivity contribution in [2.75, 3.05) is 37.7 Å². The number of sulfone groups is 1. The maximum Gasteiger partial charge on any atom is 0.255 e. The molecular formula is C19H25N3O4S. The summed E-state index contributed by atoms with van der Waals surface area (Å²) in [6.45, 7) is 4.80. The van der Waals surface area contributed by atoms with Gasteiger partial charge in [-0.1, -0.05) is 18.2 Å². The Balaban J connectivity index is 1.35. The molecule has 1 aromatic rings. The summed E-state index contributed by atoms with van der Waals surface area (Å²) in [5.74, 6) is 0.389. The lowest BCUT2D eigenvalue weighted by atomic mass is 10.1. The van der Waals surface area contributed by atoms with Crippen LogP contribution in [0, 0.1) is 0 Å². The van der Waals surface area contributed by atoms with E-state index in [0.717, 1.165) is 5.56 Å². The molecule has 146 valence electrons. The fourth-order valence-electron chi connectivity index (χ4n) is 4.36. The van der Waals surface area contributed by atoms with Crippen LogP contribution in [0.4, 0.5) is 0 Å². The standard InChI is InChI=1S/C19H25N3O4S/c1-14(22-12-15-4-2-3-5-17(15)19(22)24)18(23)21-9-7-20(8-10-21)16-6-11-27(25,26)13-16/h2-5,14,16H,6-13H2,1H3/t14-,16+/m0/s1. The molecule has 0 unspecified atom stereocenters. The zero-order valence-electron chi connectivity index (χ0n) is 15.5. The van der Waals surface area contributed by atoms with Crippen molar-refractivity contribution in [3.8, 4) is 0 Å². The first kappa shape index (κ1) is 18.4. The fourth-order valence-corrected chi connectivity index (χ4v) is 6.12. The predicted octanol–water partition coefficient (Wildman–Crippen LogP) is 0.362. The number of amides is 2. The number of hydrogen-bond donors (Lipinski definition) is 0. The van der Waals surface area contributed by atoms with Crippen molar-refractivity contribution in [1.82, 2.24) is 14.7 Å². The number of hydrogen-bond acceptors (Lipinski definition) is 5. The summed E-state index contributed by atoms with van der Waals surface area (Å²) < 4.78 is 23.4. The molecule has 0 bridgehead atoms. The van der Waals surface area contributed by atoms with Crippen molar-refractivity contribution in [2.45, 2.75) is 32.0 Å². The van der Waals surface area contributed by atoms with Crippen LogP contribution in [0.15, 0.2) is 24.3 Å². The van der Waals surface area contributed by atoms with Crippen molar-refractivity contribution in [2.24, 2.45) is 0 Å². The van der Waals surface area contributed by atoms with Gasteiger partial charge in [0.25, 0.3) is 5.91 Å². The normalized spacial score (nSPS) is 26.3. The largest absolute Gasteiger partial charge is 0.338 e. The van der Waals surface area contributed by atoms with Crippen LogP contribution in [-0.2, 0) is 21.2 Å². The Morgan fingerprint density at radius 2 is 1.85 bits per heavy atom. The van der Waals surface area contributed by atoms with Crippen LogP contribution in [0.25, 0.3) is 0 Å². The highest BCUT2D eigenvalue weighted by Gasteiger charge is 2.38. The Bertz CT molecular complexity index is 861. The molecule has 0 aromatic heterocycles. The van der Waals surface area contributed by atoms with Crippen molar-refractivity contribution in [3.05, 3.63) is 35.4 Å². The van der Waals surface area contributed by atoms with Gasteiger partial charge in [-0.25, -0.2) is 8.42 Å². The molecule has 3 heterocycles. The molecule has 7 nitrogen and oxygen atoms in total. The zero-order valence-corrected chi connectivity index (χ0v) is 16.3. The van der Waals surface area contributed by atoms with Gasteiger partial charge >= 0.3 is 0 Å². The Hall–Kier alpha value is -1.93. The fraction of sp³-hybridized carbons (Fsp3) is 0.579. The van der Waals surface area contributed by atoms with Crippen LogP contribution in [0.3, 0.4) is 0 Å². The molecule has 1 aromatic carbocycles. The first-order chi connectivity index (χ1) is 12.9. The number of benzene rings is 1. The lowest BCUT2D eigenvalue weighted by Crippen LogP contribution is -2.56. The average Bonchev–Trinajstić information content (AvgIpc) is 3.20. The summed E-state index contributed by atoms with van der Waals surface area (Å²) in [7, 11) is -2.90. The summed E-state index contributed by atoms with van der Waals surface area (Å²) in [5.41, 5.74) is 1.65. The summed E-state index contributed by atoms with van der Waals surface area (Å²) in [5, 5.41) is 0. The van der Waals surface area contributed by atoms with Gasteiger partial charge in [-0.15, -0.1) is 0 Å². The second-order valence-electron chi connectivity index (χ2n) is 7.68. The van der Waals surface area contributed by atoms with E-state index in [-0.39, 0.29) is 29.4 Å². The number of carbonyl (C=O) groups is 2. The lowest BCUT2D eigenvalue weighted by Gasteiger charge is -2.39. The van der Waals surface area contributed by atoms with Gasteiger partial charge in [-0.2, -0.15) is 0 Å². The minimum Gasteiger partial charge on any atom is -0.338 e. The van der Waals surface area contributed by atoms with Gasteiger partial charge in [0, 0.05) is 44.3 Å². The Labute approximate surface area is 159 Å². The summed E-state index contributed by atoms with van der Waals surface area (Å²) in [4.78, 5) is 31.2. The molecule has 27 heavy (non-hydrogen) atoms. The Kier molecular flexibility index (Phi) is 4.71. The maximum atomic E-state index is 12.9. The molecule has 0 saturated carbocycles. The molecule has 0 aliphatic carbocycles. The first-order valence-electron chi connectivity index (χ1n) is 9.48. The molecule has 3 aliphatic rings. The summed E-state index contributed by atoms with van der Waals surface area (Å²) in [6, 6.07) is 7.07. The molecule has 2 amide bonds.